The Balaban J connectivity index is 2.41. The van der Waals surface area contributed by atoms with Gasteiger partial charge in [0.1, 0.15) is 17.2 Å². The van der Waals surface area contributed by atoms with E-state index in [9.17, 15) is 31.2 Å². The fourth-order valence-electron chi connectivity index (χ4n) is 3.60. The first-order valence-electron chi connectivity index (χ1n) is 11.1. The van der Waals surface area contributed by atoms with Gasteiger partial charge >= 0.3 is 21.7 Å². The molecule has 2 aromatic heterocycles. The second kappa shape index (κ2) is 10.0. The first-order valence-corrected chi connectivity index (χ1v) is 13.4. The van der Waals surface area contributed by atoms with Crippen molar-refractivity contribution in [3.63, 3.8) is 0 Å². The predicted molar refractivity (Wildman–Crippen MR) is 137 cm³/mol. The van der Waals surface area contributed by atoms with Gasteiger partial charge < -0.3 is 8.92 Å². The van der Waals surface area contributed by atoms with Crippen LogP contribution in [0.2, 0.25) is 0 Å². The molecule has 3 rings (SSSR count). The average Bonchev–Trinajstić information content (AvgIpc) is 3.26. The Morgan fingerprint density at radius 1 is 1.14 bits per heavy atom. The monoisotopic (exact) mass is 560 g/mol. The Morgan fingerprint density at radius 3 is 2.30 bits per heavy atom. The summed E-state index contributed by atoms with van der Waals surface area (Å²) in [6.45, 7) is 9.05. The van der Waals surface area contributed by atoms with Crippen LogP contribution in [0.25, 0.3) is 21.2 Å². The molecular weight excluding hydrogens is 533 g/mol. The summed E-state index contributed by atoms with van der Waals surface area (Å²) in [6, 6.07) is 6.71. The van der Waals surface area contributed by atoms with Crippen LogP contribution in [-0.2, 0) is 21.4 Å². The first kappa shape index (κ1) is 28.5. The summed E-state index contributed by atoms with van der Waals surface area (Å²) in [6.07, 6.45) is -0.756. The van der Waals surface area contributed by atoms with Gasteiger partial charge in [-0.15, -0.1) is 11.3 Å². The highest BCUT2D eigenvalue weighted by Crippen LogP contribution is 2.40. The quantitative estimate of drug-likeness (QED) is 0.272. The van der Waals surface area contributed by atoms with Crippen molar-refractivity contribution in [1.82, 2.24) is 4.57 Å². The topological polar surface area (TPSA) is 94.9 Å². The molecule has 202 valence electrons. The molecule has 0 saturated heterocycles. The molecule has 37 heavy (non-hydrogen) atoms. The highest BCUT2D eigenvalue weighted by Gasteiger charge is 2.48. The number of rotatable bonds is 6. The Morgan fingerprint density at radius 2 is 1.78 bits per heavy atom. The predicted octanol–water partition coefficient (Wildman–Crippen LogP) is 5.99. The van der Waals surface area contributed by atoms with Gasteiger partial charge in [0.2, 0.25) is 0 Å². The summed E-state index contributed by atoms with van der Waals surface area (Å²) in [4.78, 5) is 28.5. The van der Waals surface area contributed by atoms with Crippen LogP contribution in [0.15, 0.2) is 40.5 Å². The van der Waals surface area contributed by atoms with E-state index in [-0.39, 0.29) is 29.1 Å². The zero-order chi connectivity index (χ0) is 27.9. The van der Waals surface area contributed by atoms with Crippen LogP contribution < -0.4 is 14.6 Å². The number of carbonyl (C=O) groups excluding carboxylic acids is 1. The number of nitrogens with zero attached hydrogens (tertiary/aromatic N) is 2. The maximum atomic E-state index is 13.6. The molecule has 8 nitrogen and oxygen atoms in total. The van der Waals surface area contributed by atoms with E-state index < -0.39 is 38.6 Å². The normalized spacial score (nSPS) is 12.7. The lowest BCUT2D eigenvalue weighted by atomic mass is 10.0. The van der Waals surface area contributed by atoms with Crippen molar-refractivity contribution in [3.05, 3.63) is 46.1 Å². The van der Waals surface area contributed by atoms with E-state index in [1.54, 1.807) is 38.3 Å². The Kier molecular flexibility index (Phi) is 7.71. The summed E-state index contributed by atoms with van der Waals surface area (Å²) in [5.41, 5.74) is -6.66. The van der Waals surface area contributed by atoms with Crippen molar-refractivity contribution >= 4 is 44.1 Å². The third-order valence-corrected chi connectivity index (χ3v) is 6.87. The van der Waals surface area contributed by atoms with Gasteiger partial charge in [0, 0.05) is 34.8 Å². The lowest BCUT2D eigenvalue weighted by Gasteiger charge is -2.29. The minimum Gasteiger partial charge on any atom is -0.443 e. The molecule has 3 aromatic rings. The zero-order valence-corrected chi connectivity index (χ0v) is 22.7. The third-order valence-electron chi connectivity index (χ3n) is 5.00. The summed E-state index contributed by atoms with van der Waals surface area (Å²) in [7, 11) is -4.52. The van der Waals surface area contributed by atoms with Crippen molar-refractivity contribution in [2.75, 3.05) is 11.9 Å². The summed E-state index contributed by atoms with van der Waals surface area (Å²) >= 11 is 1.27. The molecule has 0 aliphatic rings. The molecule has 0 atom stereocenters. The molecule has 1 amide bonds. The zero-order valence-electron chi connectivity index (χ0n) is 21.0. The number of alkyl halides is 3. The van der Waals surface area contributed by atoms with Crippen molar-refractivity contribution in [2.45, 2.75) is 52.3 Å². The molecule has 0 bridgehead atoms. The van der Waals surface area contributed by atoms with Gasteiger partial charge in [0.25, 0.3) is 5.56 Å². The van der Waals surface area contributed by atoms with E-state index >= 15 is 0 Å². The standard InChI is InChI=1S/C24H27F3N2O6S2/c1-14(2)13-29-20(28(6)22(31)34-23(3,4)5)19(18-8-7-11-36-18)17-12-15(9-10-16(17)21(29)30)35-37(32,33)24(25,26)27/h7-12,14H,13H2,1-6H3. The second-order valence-electron chi connectivity index (χ2n) is 9.72. The molecule has 13 heteroatoms. The van der Waals surface area contributed by atoms with Gasteiger partial charge in [-0.25, -0.2) is 4.79 Å². The van der Waals surface area contributed by atoms with Crippen LogP contribution in [0, 0.1) is 5.92 Å². The lowest BCUT2D eigenvalue weighted by molar-refractivity contribution is -0.0500. The van der Waals surface area contributed by atoms with E-state index in [0.717, 1.165) is 12.1 Å². The van der Waals surface area contributed by atoms with Crippen LogP contribution in [0.3, 0.4) is 0 Å². The minimum atomic E-state index is -5.95. The van der Waals surface area contributed by atoms with Gasteiger partial charge in [0.15, 0.2) is 0 Å². The number of amides is 1. The van der Waals surface area contributed by atoms with E-state index in [1.165, 1.54) is 33.9 Å². The fraction of sp³-hybridized carbons (Fsp3) is 0.417. The van der Waals surface area contributed by atoms with Crippen LogP contribution in [0.4, 0.5) is 23.8 Å². The molecule has 1 aromatic carbocycles. The fourth-order valence-corrected chi connectivity index (χ4v) is 4.83. The van der Waals surface area contributed by atoms with Crippen molar-refractivity contribution in [2.24, 2.45) is 5.92 Å². The van der Waals surface area contributed by atoms with E-state index in [1.807, 2.05) is 13.8 Å². The van der Waals surface area contributed by atoms with Crippen LogP contribution >= 0.6 is 11.3 Å². The number of thiophene rings is 1. The lowest BCUT2D eigenvalue weighted by Crippen LogP contribution is -2.38. The van der Waals surface area contributed by atoms with Crippen molar-refractivity contribution in [3.8, 4) is 16.2 Å². The molecule has 0 aliphatic carbocycles. The van der Waals surface area contributed by atoms with Crippen molar-refractivity contribution < 1.29 is 35.3 Å². The number of aromatic nitrogens is 1. The number of halogens is 3. The van der Waals surface area contributed by atoms with Crippen LogP contribution in [-0.4, -0.2) is 37.2 Å². The second-order valence-corrected chi connectivity index (χ2v) is 12.2. The molecular formula is C24H27F3N2O6S2. The van der Waals surface area contributed by atoms with Gasteiger partial charge in [-0.05, 0) is 56.3 Å². The Labute approximate surface area is 216 Å². The third kappa shape index (κ3) is 6.09. The number of benzene rings is 1. The SMILES string of the molecule is CC(C)Cn1c(N(C)C(=O)OC(C)(C)C)c(-c2cccs2)c2cc(OS(=O)(=O)C(F)(F)F)ccc2c1=O. The van der Waals surface area contributed by atoms with Gasteiger partial charge in [-0.1, -0.05) is 19.9 Å². The average molecular weight is 561 g/mol. The molecule has 0 spiro atoms. The molecule has 0 N–H and O–H groups in total. The largest absolute Gasteiger partial charge is 0.534 e. The van der Waals surface area contributed by atoms with Gasteiger partial charge in [-0.2, -0.15) is 21.6 Å². The Hall–Kier alpha value is -3.06. The van der Waals surface area contributed by atoms with E-state index in [2.05, 4.69) is 4.18 Å². The molecule has 2 heterocycles. The minimum absolute atomic E-state index is 0.0170. The molecule has 0 aliphatic heterocycles. The molecule has 0 unspecified atom stereocenters. The first-order chi connectivity index (χ1) is 16.9. The highest BCUT2D eigenvalue weighted by atomic mass is 32.2. The molecule has 0 radical (unpaired) electrons. The van der Waals surface area contributed by atoms with Gasteiger partial charge in [-0.3, -0.25) is 14.3 Å². The maximum Gasteiger partial charge on any atom is 0.534 e. The number of hydrogen-bond acceptors (Lipinski definition) is 7. The number of fused-ring (bicyclic) bond motifs is 1. The van der Waals surface area contributed by atoms with Crippen LogP contribution in [0.1, 0.15) is 34.6 Å². The van der Waals surface area contributed by atoms with Crippen molar-refractivity contribution in [1.29, 1.82) is 0 Å². The number of hydrogen-bond donors (Lipinski definition) is 0. The summed E-state index contributed by atoms with van der Waals surface area (Å²) in [5.74, 6) is -0.495. The number of pyridine rings is 1. The Bertz CT molecular complexity index is 1470. The molecule has 0 fully saturated rings. The maximum absolute atomic E-state index is 13.6. The highest BCUT2D eigenvalue weighted by molar-refractivity contribution is 7.88. The smallest absolute Gasteiger partial charge is 0.443 e. The van der Waals surface area contributed by atoms with E-state index in [0.29, 0.717) is 10.4 Å². The molecule has 0 saturated carbocycles. The number of anilines is 1. The summed E-state index contributed by atoms with van der Waals surface area (Å²) in [5, 5.41) is 1.99. The number of carbonyl (C=O) groups is 1. The van der Waals surface area contributed by atoms with Crippen LogP contribution in [0.5, 0.6) is 5.75 Å². The number of ether oxygens (including phenoxy) is 1. The van der Waals surface area contributed by atoms with E-state index in [4.69, 9.17) is 4.74 Å². The van der Waals surface area contributed by atoms with Gasteiger partial charge in [0.05, 0.1) is 0 Å². The summed E-state index contributed by atoms with van der Waals surface area (Å²) < 4.78 is 73.4.